The van der Waals surface area contributed by atoms with E-state index in [1.54, 1.807) is 24.3 Å². The molecule has 1 N–H and O–H groups in total. The average Bonchev–Trinajstić information content (AvgIpc) is 3.05. The van der Waals surface area contributed by atoms with E-state index in [9.17, 15) is 27.9 Å². The third-order valence-corrected chi connectivity index (χ3v) is 10.5. The number of benzene rings is 2. The zero-order valence-electron chi connectivity index (χ0n) is 26.8. The van der Waals surface area contributed by atoms with Gasteiger partial charge in [0.1, 0.15) is 5.75 Å². The molecule has 5 aliphatic rings. The maximum absolute atomic E-state index is 13.8. The molecule has 8 nitrogen and oxygen atoms in total. The molecule has 2 heterocycles. The van der Waals surface area contributed by atoms with Crippen molar-refractivity contribution >= 4 is 17.6 Å². The second-order valence-corrected chi connectivity index (χ2v) is 14.2. The van der Waals surface area contributed by atoms with E-state index in [2.05, 4.69) is 22.0 Å². The Labute approximate surface area is 277 Å². The predicted molar refractivity (Wildman–Crippen MR) is 173 cm³/mol. The first-order chi connectivity index (χ1) is 22.9. The fourth-order valence-electron chi connectivity index (χ4n) is 8.90. The lowest BCUT2D eigenvalue weighted by atomic mass is 9.49. The highest BCUT2D eigenvalue weighted by Crippen LogP contribution is 2.60. The van der Waals surface area contributed by atoms with Gasteiger partial charge >= 0.3 is 6.18 Å². The number of phenols is 1. The number of halogens is 3. The lowest BCUT2D eigenvalue weighted by Gasteiger charge is -2.57. The van der Waals surface area contributed by atoms with Crippen LogP contribution >= 0.6 is 0 Å². The Balaban J connectivity index is 0.980. The molecule has 5 fully saturated rings. The van der Waals surface area contributed by atoms with Crippen LogP contribution in [-0.4, -0.2) is 76.7 Å². The Morgan fingerprint density at radius 1 is 0.896 bits per heavy atom. The van der Waals surface area contributed by atoms with Gasteiger partial charge in [0, 0.05) is 56.5 Å². The normalized spacial score (nSPS) is 24.6. The number of anilines is 1. The minimum absolute atomic E-state index is 0.00806. The van der Waals surface area contributed by atoms with Gasteiger partial charge in [-0.05, 0) is 110 Å². The number of alkyl halides is 3. The van der Waals surface area contributed by atoms with Gasteiger partial charge in [0.05, 0.1) is 5.56 Å². The minimum Gasteiger partial charge on any atom is -0.508 e. The lowest BCUT2D eigenvalue weighted by Crippen LogP contribution is -2.51. The summed E-state index contributed by atoms with van der Waals surface area (Å²) in [7, 11) is 1.86. The maximum Gasteiger partial charge on any atom is 0.416 e. The van der Waals surface area contributed by atoms with Gasteiger partial charge in [0.25, 0.3) is 11.8 Å². The standard InChI is InChI=1S/C37H38F3N5O3/c1-43(23-36-20-26-13-27(21-36)15-28(14-26)22-36)35(48)32-7-8-33(42-41-32)44-9-11-45(12-10-44)34(47)29-16-25(17-30(19-29)37(38,39)40)6-5-24-3-2-4-31(46)18-24/h2-4,7-8,16-19,26-28,46H,9-15,20-23H2,1H3. The molecule has 0 unspecified atom stereocenters. The molecule has 0 spiro atoms. The molecule has 1 aliphatic heterocycles. The van der Waals surface area contributed by atoms with E-state index in [-0.39, 0.29) is 41.3 Å². The Hall–Kier alpha value is -4.59. The number of piperazine rings is 1. The smallest absolute Gasteiger partial charge is 0.416 e. The number of amides is 2. The topological polar surface area (TPSA) is 89.9 Å². The van der Waals surface area contributed by atoms with Crippen LogP contribution < -0.4 is 4.90 Å². The van der Waals surface area contributed by atoms with Crippen LogP contribution in [-0.2, 0) is 6.18 Å². The molecule has 1 saturated heterocycles. The number of carbonyl (C=O) groups excluding carboxylic acids is 2. The summed E-state index contributed by atoms with van der Waals surface area (Å²) in [6, 6.07) is 12.7. The molecule has 1 aromatic heterocycles. The average molecular weight is 658 g/mol. The second kappa shape index (κ2) is 12.5. The van der Waals surface area contributed by atoms with E-state index in [1.165, 1.54) is 61.6 Å². The number of carbonyl (C=O) groups is 2. The zero-order valence-corrected chi connectivity index (χ0v) is 26.8. The summed E-state index contributed by atoms with van der Waals surface area (Å²) >= 11 is 0. The number of aromatic hydroxyl groups is 1. The number of phenolic OH excluding ortho intramolecular Hbond substituents is 1. The largest absolute Gasteiger partial charge is 0.508 e. The third kappa shape index (κ3) is 6.71. The molecule has 2 amide bonds. The van der Waals surface area contributed by atoms with Crippen LogP contribution in [0.1, 0.15) is 76.1 Å². The van der Waals surface area contributed by atoms with Crippen molar-refractivity contribution in [3.63, 3.8) is 0 Å². The quantitative estimate of drug-likeness (QED) is 0.347. The molecule has 2 aromatic carbocycles. The molecule has 3 aromatic rings. The number of hydrogen-bond acceptors (Lipinski definition) is 6. The van der Waals surface area contributed by atoms with Crippen molar-refractivity contribution in [3.8, 4) is 17.6 Å². The van der Waals surface area contributed by atoms with Crippen LogP contribution in [0.3, 0.4) is 0 Å². The Kier molecular flexibility index (Phi) is 8.30. The second-order valence-electron chi connectivity index (χ2n) is 14.2. The van der Waals surface area contributed by atoms with E-state index >= 15 is 0 Å². The highest BCUT2D eigenvalue weighted by Gasteiger charge is 2.51. The van der Waals surface area contributed by atoms with E-state index in [0.29, 0.717) is 30.2 Å². The Morgan fingerprint density at radius 3 is 2.17 bits per heavy atom. The summed E-state index contributed by atoms with van der Waals surface area (Å²) in [5, 5.41) is 18.2. The first-order valence-corrected chi connectivity index (χ1v) is 16.6. The number of hydrogen-bond donors (Lipinski definition) is 1. The van der Waals surface area contributed by atoms with Crippen molar-refractivity contribution in [3.05, 3.63) is 82.5 Å². The van der Waals surface area contributed by atoms with Gasteiger partial charge in [-0.2, -0.15) is 13.2 Å². The number of aromatic nitrogens is 2. The van der Waals surface area contributed by atoms with Gasteiger partial charge in [-0.25, -0.2) is 0 Å². The molecular weight excluding hydrogens is 619 g/mol. The van der Waals surface area contributed by atoms with E-state index < -0.39 is 17.6 Å². The van der Waals surface area contributed by atoms with E-state index in [0.717, 1.165) is 36.4 Å². The molecule has 0 radical (unpaired) electrons. The lowest BCUT2D eigenvalue weighted by molar-refractivity contribution is -0.137. The molecule has 4 aliphatic carbocycles. The molecule has 4 bridgehead atoms. The molecule has 4 saturated carbocycles. The molecule has 8 rings (SSSR count). The highest BCUT2D eigenvalue weighted by atomic mass is 19.4. The fraction of sp³-hybridized carbons (Fsp3) is 0.459. The summed E-state index contributed by atoms with van der Waals surface area (Å²) in [6.45, 7) is 2.11. The SMILES string of the molecule is CN(CC12CC3CC(CC(C3)C1)C2)C(=O)c1ccc(N2CCN(C(=O)c3cc(C#Cc4cccc(O)c4)cc(C(F)(F)F)c3)CC2)nn1. The van der Waals surface area contributed by atoms with Crippen LogP contribution in [0.25, 0.3) is 0 Å². The Bertz CT molecular complexity index is 1740. The molecule has 0 atom stereocenters. The van der Waals surface area contributed by atoms with E-state index in [4.69, 9.17) is 0 Å². The van der Waals surface area contributed by atoms with Crippen molar-refractivity contribution in [2.45, 2.75) is 44.7 Å². The number of rotatable bonds is 5. The first-order valence-electron chi connectivity index (χ1n) is 16.6. The number of nitrogens with zero attached hydrogens (tertiary/aromatic N) is 5. The van der Waals surface area contributed by atoms with Gasteiger partial charge in [-0.3, -0.25) is 9.59 Å². The summed E-state index contributed by atoms with van der Waals surface area (Å²) < 4.78 is 41.3. The first kappa shape index (κ1) is 32.0. The predicted octanol–water partition coefficient (Wildman–Crippen LogP) is 5.85. The molecular formula is C37H38F3N5O3. The van der Waals surface area contributed by atoms with Crippen molar-refractivity contribution in [1.82, 2.24) is 20.0 Å². The molecule has 11 heteroatoms. The molecule has 250 valence electrons. The van der Waals surface area contributed by atoms with Crippen LogP contribution in [0.5, 0.6) is 5.75 Å². The van der Waals surface area contributed by atoms with Crippen molar-refractivity contribution in [2.24, 2.45) is 23.2 Å². The van der Waals surface area contributed by atoms with Crippen molar-refractivity contribution < 1.29 is 27.9 Å². The minimum atomic E-state index is -4.66. The monoisotopic (exact) mass is 657 g/mol. The van der Waals surface area contributed by atoms with Gasteiger partial charge in [0.2, 0.25) is 0 Å². The summed E-state index contributed by atoms with van der Waals surface area (Å²) in [5.74, 6) is 7.80. The maximum atomic E-state index is 13.8. The third-order valence-electron chi connectivity index (χ3n) is 10.5. The van der Waals surface area contributed by atoms with Gasteiger partial charge in [-0.15, -0.1) is 10.2 Å². The van der Waals surface area contributed by atoms with Crippen molar-refractivity contribution in [2.75, 3.05) is 44.7 Å². The summed E-state index contributed by atoms with van der Waals surface area (Å²) in [4.78, 5) is 32.0. The van der Waals surface area contributed by atoms with Gasteiger partial charge < -0.3 is 19.8 Å². The highest BCUT2D eigenvalue weighted by molar-refractivity contribution is 5.95. The summed E-state index contributed by atoms with van der Waals surface area (Å²) in [6.07, 6.45) is 3.08. The van der Waals surface area contributed by atoms with Crippen molar-refractivity contribution in [1.29, 1.82) is 0 Å². The van der Waals surface area contributed by atoms with Crippen LogP contribution in [0.15, 0.2) is 54.6 Å². The van der Waals surface area contributed by atoms with Crippen LogP contribution in [0.4, 0.5) is 19.0 Å². The van der Waals surface area contributed by atoms with Gasteiger partial charge in [-0.1, -0.05) is 17.9 Å². The van der Waals surface area contributed by atoms with Crippen LogP contribution in [0.2, 0.25) is 0 Å². The Morgan fingerprint density at radius 2 is 1.56 bits per heavy atom. The van der Waals surface area contributed by atoms with Crippen LogP contribution in [0, 0.1) is 35.0 Å². The fourth-order valence-corrected chi connectivity index (χ4v) is 8.90. The molecule has 48 heavy (non-hydrogen) atoms. The van der Waals surface area contributed by atoms with E-state index in [1.807, 2.05) is 16.8 Å². The summed E-state index contributed by atoms with van der Waals surface area (Å²) in [5.41, 5.74) is -0.0448. The van der Waals surface area contributed by atoms with Gasteiger partial charge in [0.15, 0.2) is 11.5 Å². The zero-order chi connectivity index (χ0) is 33.6.